The zero-order valence-electron chi connectivity index (χ0n) is 22.1. The van der Waals surface area contributed by atoms with Crippen LogP contribution in [0.1, 0.15) is 76.8 Å². The molecule has 7 nitrogen and oxygen atoms in total. The lowest BCUT2D eigenvalue weighted by atomic mass is 9.53. The van der Waals surface area contributed by atoms with Gasteiger partial charge in [0.15, 0.2) is 0 Å². The average Bonchev–Trinajstić information content (AvgIpc) is 3.09. The van der Waals surface area contributed by atoms with Gasteiger partial charge in [-0.05, 0) is 100 Å². The molecule has 2 unspecified atom stereocenters. The van der Waals surface area contributed by atoms with Crippen LogP contribution in [0.2, 0.25) is 0 Å². The predicted molar refractivity (Wildman–Crippen MR) is 139 cm³/mol. The minimum absolute atomic E-state index is 0.174. The monoisotopic (exact) mass is 517 g/mol. The first-order chi connectivity index (χ1) is 16.9. The van der Waals surface area contributed by atoms with Crippen molar-refractivity contribution >= 4 is 13.5 Å². The molecule has 2 N–H and O–H groups in total. The summed E-state index contributed by atoms with van der Waals surface area (Å²) in [5.74, 6) is 4.08. The van der Waals surface area contributed by atoms with Crippen LogP contribution in [0.4, 0.5) is 0 Å². The molecule has 8 heteroatoms. The minimum Gasteiger partial charge on any atom is -0.462 e. The first-order valence-corrected chi connectivity index (χ1v) is 14.8. The van der Waals surface area contributed by atoms with E-state index in [0.717, 1.165) is 32.1 Å². The van der Waals surface area contributed by atoms with Gasteiger partial charge in [0.2, 0.25) is 0 Å². The van der Waals surface area contributed by atoms with E-state index in [2.05, 4.69) is 24.0 Å². The van der Waals surface area contributed by atoms with Crippen LogP contribution >= 0.6 is 7.52 Å². The average molecular weight is 518 g/mol. The van der Waals surface area contributed by atoms with Crippen molar-refractivity contribution < 1.29 is 28.5 Å². The van der Waals surface area contributed by atoms with E-state index in [4.69, 9.17) is 20.4 Å². The fourth-order valence-corrected chi connectivity index (χ4v) is 8.65. The largest absolute Gasteiger partial charge is 0.462 e. The van der Waals surface area contributed by atoms with Crippen molar-refractivity contribution in [2.75, 3.05) is 13.5 Å². The van der Waals surface area contributed by atoms with Gasteiger partial charge in [-0.2, -0.15) is 0 Å². The molecule has 3 aliphatic carbocycles. The number of aliphatic hydroxyl groups is 1. The van der Waals surface area contributed by atoms with Crippen LogP contribution in [0, 0.1) is 29.6 Å². The molecule has 1 aromatic carbocycles. The van der Waals surface area contributed by atoms with Crippen LogP contribution in [0.3, 0.4) is 0 Å². The molecule has 0 heterocycles. The van der Waals surface area contributed by atoms with Crippen LogP contribution in [-0.4, -0.2) is 42.3 Å². The highest BCUT2D eigenvalue weighted by atomic mass is 31.2. The molecule has 2 fully saturated rings. The fourth-order valence-electron chi connectivity index (χ4n) is 6.98. The molecule has 0 amide bonds. The molecule has 7 atom stereocenters. The Bertz CT molecular complexity index is 1080. The summed E-state index contributed by atoms with van der Waals surface area (Å²) in [6.07, 6.45) is 10.8. The molecule has 0 bridgehead atoms. The maximum atomic E-state index is 13.5. The Morgan fingerprint density at radius 2 is 2.03 bits per heavy atom. The van der Waals surface area contributed by atoms with Gasteiger partial charge >= 0.3 is 13.5 Å². The Labute approximate surface area is 215 Å². The van der Waals surface area contributed by atoms with Crippen molar-refractivity contribution in [2.45, 2.75) is 89.9 Å². The number of terminal acetylenes is 1. The van der Waals surface area contributed by atoms with E-state index in [0.29, 0.717) is 29.9 Å². The number of carbonyl (C=O) groups is 1. The maximum Gasteiger partial charge on any atom is 0.342 e. The molecular weight excluding hydrogens is 477 g/mol. The zero-order chi connectivity index (χ0) is 26.3. The summed E-state index contributed by atoms with van der Waals surface area (Å²) in [6, 6.07) is 5.13. The van der Waals surface area contributed by atoms with Gasteiger partial charge < -0.3 is 19.1 Å². The summed E-state index contributed by atoms with van der Waals surface area (Å²) in [7, 11) is -2.07. The smallest absolute Gasteiger partial charge is 0.342 e. The third kappa shape index (κ3) is 4.86. The second kappa shape index (κ2) is 10.1. The van der Waals surface area contributed by atoms with Crippen molar-refractivity contribution in [2.24, 2.45) is 17.3 Å². The summed E-state index contributed by atoms with van der Waals surface area (Å²) in [5.41, 5.74) is 1.29. The second-order valence-corrected chi connectivity index (χ2v) is 13.3. The normalized spacial score (nSPS) is 33.4. The fraction of sp³-hybridized carbons (Fsp3) is 0.679. The molecule has 4 rings (SSSR count). The highest BCUT2D eigenvalue weighted by molar-refractivity contribution is 7.57. The number of esters is 1. The number of nitrogens with one attached hydrogen (secondary N) is 1. The summed E-state index contributed by atoms with van der Waals surface area (Å²) in [4.78, 5) is 12.2. The summed E-state index contributed by atoms with van der Waals surface area (Å²) in [5, 5.41) is 14.0. The lowest BCUT2D eigenvalue weighted by Crippen LogP contribution is -2.50. The van der Waals surface area contributed by atoms with E-state index >= 15 is 0 Å². The minimum atomic E-state index is -3.52. The van der Waals surface area contributed by atoms with Crippen molar-refractivity contribution in [3.8, 4) is 18.1 Å². The maximum absolute atomic E-state index is 13.5. The van der Waals surface area contributed by atoms with Crippen molar-refractivity contribution in [3.05, 3.63) is 29.3 Å². The standard InChI is InChI=1S/C28H40NO6P/c1-7-28(31)15-13-25-24-10-8-20-16-21(9-11-22(20)23(24)12-14-27(25,28)5)35-36(32,17-33-6)29-19(4)26(30)34-18(2)3/h1,9,11,16,18-19,23-25,31H,8,10,12-15,17H2,2-6H3,(H,29,32)/t19?,23-,24-,25+,27+,28+,36?/m1/s1. The summed E-state index contributed by atoms with van der Waals surface area (Å²) in [6.45, 7) is 7.32. The number of hydrogen-bond donors (Lipinski definition) is 2. The number of hydrogen-bond acceptors (Lipinski definition) is 6. The van der Waals surface area contributed by atoms with Gasteiger partial charge in [0.05, 0.1) is 6.10 Å². The highest BCUT2D eigenvalue weighted by Gasteiger charge is 2.61. The zero-order valence-corrected chi connectivity index (χ0v) is 23.0. The van der Waals surface area contributed by atoms with Crippen LogP contribution in [0.25, 0.3) is 0 Å². The number of methoxy groups -OCH3 is 1. The Morgan fingerprint density at radius 3 is 2.69 bits per heavy atom. The van der Waals surface area contributed by atoms with E-state index in [1.165, 1.54) is 18.2 Å². The SMILES string of the molecule is C#C[C@]1(O)CC[C@H]2[C@@H]3CCc4cc(OP(=O)(COC)NC(C)C(=O)OC(C)C)ccc4[C@H]3CC[C@@]21C. The Hall–Kier alpha value is -1.84. The van der Waals surface area contributed by atoms with E-state index in [9.17, 15) is 14.5 Å². The van der Waals surface area contributed by atoms with Crippen LogP contribution in [-0.2, 0) is 25.3 Å². The molecule has 0 aromatic heterocycles. The van der Waals surface area contributed by atoms with E-state index in [-0.39, 0.29) is 17.9 Å². The molecule has 36 heavy (non-hydrogen) atoms. The van der Waals surface area contributed by atoms with E-state index in [1.807, 2.05) is 12.1 Å². The summed E-state index contributed by atoms with van der Waals surface area (Å²) < 4.78 is 29.9. The van der Waals surface area contributed by atoms with Gasteiger partial charge in [-0.1, -0.05) is 18.9 Å². The van der Waals surface area contributed by atoms with Crippen LogP contribution in [0.5, 0.6) is 5.75 Å². The van der Waals surface area contributed by atoms with Crippen molar-refractivity contribution in [1.29, 1.82) is 0 Å². The van der Waals surface area contributed by atoms with Gasteiger partial charge in [0.1, 0.15) is 23.7 Å². The second-order valence-electron chi connectivity index (χ2n) is 11.3. The quantitative estimate of drug-likeness (QED) is 0.284. The highest BCUT2D eigenvalue weighted by Crippen LogP contribution is 2.64. The van der Waals surface area contributed by atoms with E-state index in [1.54, 1.807) is 20.8 Å². The number of carbonyl (C=O) groups excluding carboxylic acids is 1. The molecule has 2 saturated carbocycles. The number of rotatable bonds is 8. The van der Waals surface area contributed by atoms with Crippen molar-refractivity contribution in [3.63, 3.8) is 0 Å². The molecule has 198 valence electrons. The molecule has 0 saturated heterocycles. The first kappa shape index (κ1) is 27.2. The third-order valence-corrected chi connectivity index (χ3v) is 10.6. The van der Waals surface area contributed by atoms with Gasteiger partial charge in [-0.25, -0.2) is 5.09 Å². The molecule has 3 aliphatic rings. The molecule has 0 radical (unpaired) electrons. The van der Waals surface area contributed by atoms with E-state index < -0.39 is 25.1 Å². The Balaban J connectivity index is 1.51. The van der Waals surface area contributed by atoms with Gasteiger partial charge in [-0.15, -0.1) is 6.42 Å². The van der Waals surface area contributed by atoms with Gasteiger partial charge in [0, 0.05) is 12.5 Å². The third-order valence-electron chi connectivity index (χ3n) is 8.74. The topological polar surface area (TPSA) is 94.1 Å². The van der Waals surface area contributed by atoms with Crippen molar-refractivity contribution in [1.82, 2.24) is 5.09 Å². The molecule has 0 spiro atoms. The van der Waals surface area contributed by atoms with Crippen LogP contribution in [0.15, 0.2) is 18.2 Å². The first-order valence-electron chi connectivity index (χ1n) is 13.0. The van der Waals surface area contributed by atoms with Gasteiger partial charge in [0.25, 0.3) is 0 Å². The molecule has 1 aromatic rings. The molecular formula is C28H40NO6P. The number of ether oxygens (including phenoxy) is 2. The number of benzene rings is 1. The lowest BCUT2D eigenvalue weighted by molar-refractivity contribution is -0.149. The number of aryl methyl sites for hydroxylation is 1. The summed E-state index contributed by atoms with van der Waals surface area (Å²) >= 11 is 0. The molecule has 0 aliphatic heterocycles. The Morgan fingerprint density at radius 1 is 1.28 bits per heavy atom. The Kier molecular flexibility index (Phi) is 7.66. The predicted octanol–water partition coefficient (Wildman–Crippen LogP) is 5.01. The lowest BCUT2D eigenvalue weighted by Gasteiger charge is -2.52. The number of fused-ring (bicyclic) bond motifs is 5. The van der Waals surface area contributed by atoms with Gasteiger partial charge in [-0.3, -0.25) is 9.36 Å². The van der Waals surface area contributed by atoms with Crippen LogP contribution < -0.4 is 9.61 Å².